The number of thioether (sulfide) groups is 1. The molecule has 0 fully saturated rings. The summed E-state index contributed by atoms with van der Waals surface area (Å²) in [6.07, 6.45) is 0. The largest absolute Gasteiger partial charge is 0.468 e. The van der Waals surface area contributed by atoms with E-state index in [1.165, 1.54) is 7.11 Å². The van der Waals surface area contributed by atoms with E-state index in [1.807, 2.05) is 13.8 Å². The number of methoxy groups -OCH3 is 1. The fourth-order valence-electron chi connectivity index (χ4n) is 1.05. The summed E-state index contributed by atoms with van der Waals surface area (Å²) in [4.78, 5) is 11.3. The zero-order chi connectivity index (χ0) is 9.99. The minimum atomic E-state index is -0.451. The second-order valence-electron chi connectivity index (χ2n) is 4.22. The van der Waals surface area contributed by atoms with Crippen LogP contribution in [0.2, 0.25) is 0 Å². The molecule has 0 aliphatic heterocycles. The zero-order valence-corrected chi connectivity index (χ0v) is 9.54. The number of rotatable bonds is 2. The summed E-state index contributed by atoms with van der Waals surface area (Å²) < 4.78 is 4.33. The molecule has 0 aliphatic carbocycles. The Bertz CT molecular complexity index is 168. The summed E-state index contributed by atoms with van der Waals surface area (Å²) in [5.74, 6) is -0.164. The van der Waals surface area contributed by atoms with Crippen molar-refractivity contribution in [2.45, 2.75) is 44.1 Å². The molecule has 0 aromatic rings. The molecule has 0 saturated carbocycles. The first-order valence-corrected chi connectivity index (χ1v) is 4.79. The van der Waals surface area contributed by atoms with Crippen LogP contribution in [-0.2, 0) is 9.53 Å². The molecule has 0 unspecified atom stereocenters. The molecule has 0 spiro atoms. The van der Waals surface area contributed by atoms with Crippen LogP contribution in [0.3, 0.4) is 0 Å². The average molecular weight is 190 g/mol. The van der Waals surface area contributed by atoms with Gasteiger partial charge in [-0.1, -0.05) is 20.8 Å². The fourth-order valence-corrected chi connectivity index (χ4v) is 2.75. The highest BCUT2D eigenvalue weighted by Gasteiger charge is 2.33. The second kappa shape index (κ2) is 3.69. The Morgan fingerprint density at radius 2 is 1.58 bits per heavy atom. The molecule has 0 aliphatic rings. The van der Waals surface area contributed by atoms with Crippen LogP contribution in [0.1, 0.15) is 34.6 Å². The average Bonchev–Trinajstić information content (AvgIpc) is 1.80. The van der Waals surface area contributed by atoms with Crippen molar-refractivity contribution in [3.05, 3.63) is 0 Å². The molecule has 0 aromatic carbocycles. The molecule has 0 saturated heterocycles. The molecule has 2 nitrogen and oxygen atoms in total. The number of hydrogen-bond acceptors (Lipinski definition) is 3. The van der Waals surface area contributed by atoms with E-state index in [0.29, 0.717) is 0 Å². The van der Waals surface area contributed by atoms with Gasteiger partial charge in [0, 0.05) is 4.75 Å². The molecular formula is C9H18O2S. The first-order chi connectivity index (χ1) is 5.19. The number of ether oxygens (including phenoxy) is 1. The van der Waals surface area contributed by atoms with Gasteiger partial charge in [0.15, 0.2) is 0 Å². The van der Waals surface area contributed by atoms with Crippen molar-refractivity contribution < 1.29 is 9.53 Å². The Morgan fingerprint density at radius 3 is 1.83 bits per heavy atom. The molecular weight excluding hydrogens is 172 g/mol. The third-order valence-corrected chi connectivity index (χ3v) is 2.53. The Labute approximate surface area is 79.1 Å². The third kappa shape index (κ3) is 4.00. The summed E-state index contributed by atoms with van der Waals surface area (Å²) in [7, 11) is 1.42. The number of carbonyl (C=O) groups excluding carboxylic acids is 1. The highest BCUT2D eigenvalue weighted by atomic mass is 32.2. The molecule has 0 heterocycles. The Balaban J connectivity index is 4.32. The Kier molecular flexibility index (Phi) is 3.63. The van der Waals surface area contributed by atoms with Crippen LogP contribution in [-0.4, -0.2) is 22.6 Å². The van der Waals surface area contributed by atoms with Crippen molar-refractivity contribution in [2.75, 3.05) is 7.11 Å². The van der Waals surface area contributed by atoms with Crippen LogP contribution in [0, 0.1) is 0 Å². The monoisotopic (exact) mass is 190 g/mol. The molecule has 0 radical (unpaired) electrons. The van der Waals surface area contributed by atoms with Crippen LogP contribution in [0.25, 0.3) is 0 Å². The van der Waals surface area contributed by atoms with Gasteiger partial charge >= 0.3 is 5.97 Å². The van der Waals surface area contributed by atoms with Gasteiger partial charge in [0.2, 0.25) is 0 Å². The lowest BCUT2D eigenvalue weighted by Crippen LogP contribution is -2.33. The molecule has 0 bridgehead atoms. The van der Waals surface area contributed by atoms with Crippen molar-refractivity contribution >= 4 is 17.7 Å². The maximum Gasteiger partial charge on any atom is 0.321 e. The molecule has 0 atom stereocenters. The standard InChI is InChI=1S/C9H18O2S/c1-8(2,3)12-9(4,5)7(10)11-6/h1-6H3. The highest BCUT2D eigenvalue weighted by Crippen LogP contribution is 2.36. The molecule has 0 aromatic heterocycles. The maximum atomic E-state index is 11.3. The van der Waals surface area contributed by atoms with Crippen molar-refractivity contribution in [1.82, 2.24) is 0 Å². The maximum absolute atomic E-state index is 11.3. The van der Waals surface area contributed by atoms with Crippen molar-refractivity contribution in [3.63, 3.8) is 0 Å². The van der Waals surface area contributed by atoms with E-state index in [1.54, 1.807) is 11.8 Å². The third-order valence-electron chi connectivity index (χ3n) is 1.24. The summed E-state index contributed by atoms with van der Waals surface area (Å²) in [6.45, 7) is 10.0. The molecule has 12 heavy (non-hydrogen) atoms. The summed E-state index contributed by atoms with van der Waals surface area (Å²) >= 11 is 1.62. The second-order valence-corrected chi connectivity index (χ2v) is 6.67. The predicted molar refractivity (Wildman–Crippen MR) is 53.4 cm³/mol. The van der Waals surface area contributed by atoms with Crippen molar-refractivity contribution in [3.8, 4) is 0 Å². The van der Waals surface area contributed by atoms with Gasteiger partial charge in [-0.2, -0.15) is 0 Å². The minimum Gasteiger partial charge on any atom is -0.468 e. The summed E-state index contributed by atoms with van der Waals surface area (Å²) in [5, 5.41) is 0. The highest BCUT2D eigenvalue weighted by molar-refractivity contribution is 8.02. The van der Waals surface area contributed by atoms with E-state index < -0.39 is 4.75 Å². The van der Waals surface area contributed by atoms with E-state index in [9.17, 15) is 4.79 Å². The van der Waals surface area contributed by atoms with Crippen LogP contribution in [0.4, 0.5) is 0 Å². The van der Waals surface area contributed by atoms with E-state index in [-0.39, 0.29) is 10.7 Å². The minimum absolute atomic E-state index is 0.0810. The van der Waals surface area contributed by atoms with E-state index >= 15 is 0 Å². The Hall–Kier alpha value is -0.180. The SMILES string of the molecule is COC(=O)C(C)(C)SC(C)(C)C. The van der Waals surface area contributed by atoms with Gasteiger partial charge in [-0.3, -0.25) is 4.79 Å². The topological polar surface area (TPSA) is 26.3 Å². The molecule has 72 valence electrons. The van der Waals surface area contributed by atoms with E-state index in [0.717, 1.165) is 0 Å². The number of hydrogen-bond donors (Lipinski definition) is 0. The molecule has 3 heteroatoms. The van der Waals surface area contributed by atoms with Crippen LogP contribution in [0.15, 0.2) is 0 Å². The smallest absolute Gasteiger partial charge is 0.321 e. The normalized spacial score (nSPS) is 12.8. The van der Waals surface area contributed by atoms with E-state index in [2.05, 4.69) is 20.8 Å². The van der Waals surface area contributed by atoms with Gasteiger partial charge in [-0.05, 0) is 13.8 Å². The first kappa shape index (κ1) is 11.8. The number of carbonyl (C=O) groups is 1. The van der Waals surface area contributed by atoms with Crippen molar-refractivity contribution in [1.29, 1.82) is 0 Å². The van der Waals surface area contributed by atoms with E-state index in [4.69, 9.17) is 4.74 Å². The van der Waals surface area contributed by atoms with Gasteiger partial charge in [0.1, 0.15) is 4.75 Å². The van der Waals surface area contributed by atoms with Gasteiger partial charge in [-0.15, -0.1) is 11.8 Å². The van der Waals surface area contributed by atoms with Crippen molar-refractivity contribution in [2.24, 2.45) is 0 Å². The molecule has 0 N–H and O–H groups in total. The zero-order valence-electron chi connectivity index (χ0n) is 8.72. The molecule has 0 amide bonds. The number of esters is 1. The predicted octanol–water partition coefficient (Wildman–Crippen LogP) is 2.47. The van der Waals surface area contributed by atoms with Crippen LogP contribution >= 0.6 is 11.8 Å². The van der Waals surface area contributed by atoms with Gasteiger partial charge < -0.3 is 4.74 Å². The van der Waals surface area contributed by atoms with Gasteiger partial charge in [-0.25, -0.2) is 0 Å². The lowest BCUT2D eigenvalue weighted by Gasteiger charge is -2.29. The lowest BCUT2D eigenvalue weighted by molar-refractivity contribution is -0.142. The fraction of sp³-hybridized carbons (Fsp3) is 0.889. The first-order valence-electron chi connectivity index (χ1n) is 3.97. The van der Waals surface area contributed by atoms with Crippen LogP contribution < -0.4 is 0 Å². The van der Waals surface area contributed by atoms with Gasteiger partial charge in [0.25, 0.3) is 0 Å². The lowest BCUT2D eigenvalue weighted by atomic mass is 10.2. The quantitative estimate of drug-likeness (QED) is 0.626. The van der Waals surface area contributed by atoms with Gasteiger partial charge in [0.05, 0.1) is 7.11 Å². The Morgan fingerprint density at radius 1 is 1.17 bits per heavy atom. The summed E-state index contributed by atoms with van der Waals surface area (Å²) in [6, 6.07) is 0. The van der Waals surface area contributed by atoms with Crippen LogP contribution in [0.5, 0.6) is 0 Å². The molecule has 0 rings (SSSR count). The summed E-state index contributed by atoms with van der Waals surface area (Å²) in [5.41, 5.74) is 0.